The lowest BCUT2D eigenvalue weighted by Gasteiger charge is -2.32. The Hall–Kier alpha value is -0.200. The van der Waals surface area contributed by atoms with Crippen LogP contribution in [0.1, 0.15) is 127 Å². The topological polar surface area (TPSA) is 16.2 Å². The predicted molar refractivity (Wildman–Crippen MR) is 198 cm³/mol. The van der Waals surface area contributed by atoms with E-state index in [-0.39, 0.29) is 7.43 Å². The van der Waals surface area contributed by atoms with Gasteiger partial charge in [0.2, 0.25) is 0 Å². The van der Waals surface area contributed by atoms with E-state index < -0.39 is 0 Å². The van der Waals surface area contributed by atoms with Crippen molar-refractivity contribution in [3.8, 4) is 0 Å². The van der Waals surface area contributed by atoms with E-state index in [0.717, 1.165) is 23.7 Å². The van der Waals surface area contributed by atoms with Gasteiger partial charge in [-0.25, -0.2) is 0 Å². The molecule has 3 rings (SSSR count). The summed E-state index contributed by atoms with van der Waals surface area (Å²) in [5.74, 6) is 3.44. The van der Waals surface area contributed by atoms with Gasteiger partial charge < -0.3 is 24.5 Å². The monoisotopic (exact) mass is 612 g/mol. The van der Waals surface area contributed by atoms with Gasteiger partial charge in [-0.15, -0.1) is 0 Å². The summed E-state index contributed by atoms with van der Waals surface area (Å²) in [6.07, 6.45) is 14.0. The van der Waals surface area contributed by atoms with Crippen LogP contribution in [0.5, 0.6) is 0 Å². The zero-order chi connectivity index (χ0) is 31.8. The molecule has 262 valence electrons. The lowest BCUT2D eigenvalue weighted by Crippen LogP contribution is -2.44. The van der Waals surface area contributed by atoms with E-state index in [1.807, 2.05) is 0 Å². The summed E-state index contributed by atoms with van der Waals surface area (Å²) in [6, 6.07) is 0. The largest absolute Gasteiger partial charge is 0.309 e. The molecule has 0 aliphatic carbocycles. The van der Waals surface area contributed by atoms with Crippen LogP contribution in [0.3, 0.4) is 0 Å². The van der Waals surface area contributed by atoms with Gasteiger partial charge in [0.15, 0.2) is 0 Å². The highest BCUT2D eigenvalue weighted by atomic mass is 15.2. The maximum atomic E-state index is 2.61. The number of rotatable bonds is 12. The number of likely N-dealkylation sites (tertiary alicyclic amines) is 2. The van der Waals surface area contributed by atoms with Crippen molar-refractivity contribution in [3.05, 3.63) is 0 Å². The molecule has 0 aromatic carbocycles. The summed E-state index contributed by atoms with van der Waals surface area (Å²) in [7, 11) is 6.44. The van der Waals surface area contributed by atoms with Crippen LogP contribution >= 0.6 is 0 Å². The molecule has 0 N–H and O–H groups in total. The number of piperazine rings is 1. The smallest absolute Gasteiger partial charge is 0.0110 e. The van der Waals surface area contributed by atoms with Crippen molar-refractivity contribution in [2.75, 3.05) is 99.7 Å². The molecule has 5 heteroatoms. The number of nitrogens with zero attached hydrogens (tertiary/aromatic N) is 5. The summed E-state index contributed by atoms with van der Waals surface area (Å²) >= 11 is 0. The molecular formula is C38H85N5. The minimum Gasteiger partial charge on any atom is -0.309 e. The highest BCUT2D eigenvalue weighted by molar-refractivity contribution is 4.69. The van der Waals surface area contributed by atoms with Crippen molar-refractivity contribution < 1.29 is 0 Å². The van der Waals surface area contributed by atoms with E-state index in [4.69, 9.17) is 0 Å². The molecule has 0 aromatic heterocycles. The first kappa shape index (κ1) is 44.9. The second kappa shape index (κ2) is 29.2. The fourth-order valence-corrected chi connectivity index (χ4v) is 5.28. The molecule has 0 radical (unpaired) electrons. The molecule has 5 nitrogen and oxygen atoms in total. The maximum Gasteiger partial charge on any atom is 0.0110 e. The molecule has 0 spiro atoms. The lowest BCUT2D eigenvalue weighted by molar-refractivity contribution is 0.148. The van der Waals surface area contributed by atoms with Crippen molar-refractivity contribution >= 4 is 0 Å². The highest BCUT2D eigenvalue weighted by Gasteiger charge is 2.13. The Morgan fingerprint density at radius 3 is 1.00 bits per heavy atom. The number of likely N-dealkylation sites (N-methyl/N-ethyl adjacent to an activating group) is 1. The fourth-order valence-electron chi connectivity index (χ4n) is 5.28. The van der Waals surface area contributed by atoms with E-state index in [9.17, 15) is 0 Å². The van der Waals surface area contributed by atoms with Gasteiger partial charge in [0.1, 0.15) is 0 Å². The normalized spacial score (nSPS) is 19.0. The zero-order valence-corrected chi connectivity index (χ0v) is 31.1. The Labute approximate surface area is 274 Å². The third-order valence-electron chi connectivity index (χ3n) is 8.71. The highest BCUT2D eigenvalue weighted by Crippen LogP contribution is 2.12. The predicted octanol–water partition coefficient (Wildman–Crippen LogP) is 8.55. The first-order chi connectivity index (χ1) is 19.9. The molecule has 0 saturated carbocycles. The van der Waals surface area contributed by atoms with Crippen LogP contribution < -0.4 is 0 Å². The molecule has 0 unspecified atom stereocenters. The van der Waals surface area contributed by atoms with Gasteiger partial charge in [0.05, 0.1) is 0 Å². The molecule has 3 fully saturated rings. The minimum absolute atomic E-state index is 0. The van der Waals surface area contributed by atoms with Gasteiger partial charge in [0.25, 0.3) is 0 Å². The Balaban J connectivity index is 0. The first-order valence-corrected chi connectivity index (χ1v) is 18.4. The number of hydrogen-bond acceptors (Lipinski definition) is 5. The van der Waals surface area contributed by atoms with Gasteiger partial charge in [-0.2, -0.15) is 0 Å². The van der Waals surface area contributed by atoms with Crippen LogP contribution in [0.4, 0.5) is 0 Å². The lowest BCUT2D eigenvalue weighted by atomic mass is 10.1. The maximum absolute atomic E-state index is 2.61. The SMILES string of the molecule is C.CC(C)CCN(C)C.CC(C)CCN1CCCCC1.CC(C)CCN1CCCCC1.CC(C)CCN1CCN(C)CC1. The number of piperidine rings is 2. The van der Waals surface area contributed by atoms with Crippen molar-refractivity contribution in [1.29, 1.82) is 0 Å². The third-order valence-corrected chi connectivity index (χ3v) is 8.71. The number of hydrogen-bond donors (Lipinski definition) is 0. The van der Waals surface area contributed by atoms with Crippen molar-refractivity contribution in [1.82, 2.24) is 24.5 Å². The molecule has 3 aliphatic rings. The Morgan fingerprint density at radius 1 is 0.442 bits per heavy atom. The minimum atomic E-state index is 0. The summed E-state index contributed by atoms with van der Waals surface area (Å²) < 4.78 is 0. The second-order valence-electron chi connectivity index (χ2n) is 15.5. The van der Waals surface area contributed by atoms with E-state index in [0.29, 0.717) is 0 Å². The van der Waals surface area contributed by atoms with Crippen molar-refractivity contribution in [2.24, 2.45) is 23.7 Å². The molecule has 0 bridgehead atoms. The summed E-state index contributed by atoms with van der Waals surface area (Å²) in [4.78, 5) is 12.4. The standard InChI is InChI=1S/C10H22N2.2C10H21N.C7H17N.CH4/c1-10(2)4-5-12-8-6-11(3)7-9-12;2*1-10(2)6-9-11-7-4-3-5-8-11;1-7(2)5-6-8(3)4;/h10H,4-9H2,1-3H3;2*10H,3-9H2,1-2H3;7H,5-6H2,1-4H3;1H4. The van der Waals surface area contributed by atoms with Crippen LogP contribution in [0.2, 0.25) is 0 Å². The van der Waals surface area contributed by atoms with Gasteiger partial charge in [0, 0.05) is 26.2 Å². The van der Waals surface area contributed by atoms with E-state index in [1.165, 1.54) is 143 Å². The fraction of sp³-hybridized carbons (Fsp3) is 1.00. The van der Waals surface area contributed by atoms with Gasteiger partial charge in [-0.05, 0) is 149 Å². The van der Waals surface area contributed by atoms with Crippen LogP contribution in [0.25, 0.3) is 0 Å². The summed E-state index contributed by atoms with van der Waals surface area (Å²) in [6.45, 7) is 34.0. The van der Waals surface area contributed by atoms with Crippen LogP contribution in [0, 0.1) is 23.7 Å². The molecular weight excluding hydrogens is 526 g/mol. The molecule has 43 heavy (non-hydrogen) atoms. The first-order valence-electron chi connectivity index (χ1n) is 18.4. The molecule has 3 saturated heterocycles. The average Bonchev–Trinajstić information content (AvgIpc) is 2.96. The van der Waals surface area contributed by atoms with Crippen molar-refractivity contribution in [2.45, 2.75) is 127 Å². The zero-order valence-electron chi connectivity index (χ0n) is 31.1. The van der Waals surface area contributed by atoms with E-state index in [1.54, 1.807) is 0 Å². The van der Waals surface area contributed by atoms with Crippen LogP contribution in [-0.4, -0.2) is 124 Å². The van der Waals surface area contributed by atoms with Crippen LogP contribution in [0.15, 0.2) is 0 Å². The molecule has 0 atom stereocenters. The van der Waals surface area contributed by atoms with Crippen LogP contribution in [-0.2, 0) is 0 Å². The molecule has 3 aliphatic heterocycles. The molecule has 3 heterocycles. The van der Waals surface area contributed by atoms with Gasteiger partial charge >= 0.3 is 0 Å². The van der Waals surface area contributed by atoms with Crippen molar-refractivity contribution in [3.63, 3.8) is 0 Å². The Bertz CT molecular complexity index is 509. The van der Waals surface area contributed by atoms with E-state index in [2.05, 4.69) is 101 Å². The summed E-state index contributed by atoms with van der Waals surface area (Å²) in [5.41, 5.74) is 0. The van der Waals surface area contributed by atoms with Gasteiger partial charge in [-0.1, -0.05) is 75.7 Å². The summed E-state index contributed by atoms with van der Waals surface area (Å²) in [5, 5.41) is 0. The Morgan fingerprint density at radius 2 is 0.744 bits per heavy atom. The molecule has 0 aromatic rings. The second-order valence-corrected chi connectivity index (χ2v) is 15.5. The quantitative estimate of drug-likeness (QED) is 0.219. The van der Waals surface area contributed by atoms with E-state index >= 15 is 0 Å². The molecule has 0 amide bonds. The van der Waals surface area contributed by atoms with Gasteiger partial charge in [-0.3, -0.25) is 0 Å². The average molecular weight is 612 g/mol. The third kappa shape index (κ3) is 31.6. The Kier molecular flexibility index (Phi) is 30.5.